The van der Waals surface area contributed by atoms with Crippen LogP contribution in [-0.4, -0.2) is 62.4 Å². The zero-order valence-electron chi connectivity index (χ0n) is 12.0. The van der Waals surface area contributed by atoms with Gasteiger partial charge in [0.15, 0.2) is 0 Å². The van der Waals surface area contributed by atoms with Crippen molar-refractivity contribution in [3.63, 3.8) is 0 Å². The highest BCUT2D eigenvalue weighted by atomic mass is 32.2. The van der Waals surface area contributed by atoms with Gasteiger partial charge in [0.2, 0.25) is 10.0 Å². The maximum atomic E-state index is 11.8. The Kier molecular flexibility index (Phi) is 8.16. The van der Waals surface area contributed by atoms with E-state index in [4.69, 9.17) is 5.11 Å². The van der Waals surface area contributed by atoms with Crippen LogP contribution in [0.2, 0.25) is 0 Å². The van der Waals surface area contributed by atoms with Crippen LogP contribution in [0.3, 0.4) is 0 Å². The predicted molar refractivity (Wildman–Crippen MR) is 75.0 cm³/mol. The Bertz CT molecular complexity index is 422. The second kappa shape index (κ2) is 8.75. The minimum atomic E-state index is -3.21. The molecule has 0 saturated heterocycles. The van der Waals surface area contributed by atoms with Crippen LogP contribution >= 0.6 is 0 Å². The van der Waals surface area contributed by atoms with Crippen molar-refractivity contribution in [2.45, 2.75) is 32.7 Å². The van der Waals surface area contributed by atoms with Crippen molar-refractivity contribution in [2.75, 3.05) is 25.9 Å². The molecule has 0 aliphatic rings. The molecule has 0 aliphatic carbocycles. The van der Waals surface area contributed by atoms with Crippen molar-refractivity contribution in [3.05, 3.63) is 0 Å². The average molecular weight is 309 g/mol. The molecule has 8 nitrogen and oxygen atoms in total. The monoisotopic (exact) mass is 309 g/mol. The van der Waals surface area contributed by atoms with E-state index in [0.717, 1.165) is 6.26 Å². The average Bonchev–Trinajstić information content (AvgIpc) is 2.26. The van der Waals surface area contributed by atoms with E-state index < -0.39 is 16.0 Å². The number of carboxylic acid groups (broad SMARTS) is 1. The van der Waals surface area contributed by atoms with Gasteiger partial charge >= 0.3 is 12.0 Å². The van der Waals surface area contributed by atoms with Gasteiger partial charge in [-0.3, -0.25) is 4.79 Å². The number of aliphatic carboxylic acids is 1. The van der Waals surface area contributed by atoms with Gasteiger partial charge in [-0.2, -0.15) is 0 Å². The van der Waals surface area contributed by atoms with Gasteiger partial charge < -0.3 is 15.3 Å². The molecule has 20 heavy (non-hydrogen) atoms. The first-order chi connectivity index (χ1) is 9.13. The molecule has 118 valence electrons. The topological polar surface area (TPSA) is 116 Å². The fourth-order valence-corrected chi connectivity index (χ4v) is 1.97. The summed E-state index contributed by atoms with van der Waals surface area (Å²) >= 11 is 0. The van der Waals surface area contributed by atoms with Crippen molar-refractivity contribution < 1.29 is 23.1 Å². The highest BCUT2D eigenvalue weighted by Crippen LogP contribution is 2.00. The lowest BCUT2D eigenvalue weighted by molar-refractivity contribution is -0.137. The van der Waals surface area contributed by atoms with Gasteiger partial charge in [-0.25, -0.2) is 17.9 Å². The molecular formula is C11H23N3O5S. The summed E-state index contributed by atoms with van der Waals surface area (Å²) in [7, 11) is -3.21. The molecule has 9 heteroatoms. The number of sulfonamides is 1. The van der Waals surface area contributed by atoms with E-state index >= 15 is 0 Å². The fourth-order valence-electron chi connectivity index (χ4n) is 1.45. The fraction of sp³-hybridized carbons (Fsp3) is 0.818. The lowest BCUT2D eigenvalue weighted by Crippen LogP contribution is -2.45. The lowest BCUT2D eigenvalue weighted by Gasteiger charge is -2.26. The molecule has 0 spiro atoms. The number of amides is 2. The summed E-state index contributed by atoms with van der Waals surface area (Å²) in [5.41, 5.74) is 0. The Morgan fingerprint density at radius 3 is 2.30 bits per heavy atom. The molecular weight excluding hydrogens is 286 g/mol. The Hall–Kier alpha value is -1.35. The van der Waals surface area contributed by atoms with Gasteiger partial charge in [0.25, 0.3) is 0 Å². The van der Waals surface area contributed by atoms with Gasteiger partial charge in [0.1, 0.15) is 0 Å². The third-order valence-electron chi connectivity index (χ3n) is 2.44. The summed E-state index contributed by atoms with van der Waals surface area (Å²) in [5, 5.41) is 11.3. The van der Waals surface area contributed by atoms with Crippen molar-refractivity contribution in [2.24, 2.45) is 0 Å². The molecule has 2 amide bonds. The molecule has 0 aromatic rings. The van der Waals surface area contributed by atoms with Crippen molar-refractivity contribution in [1.82, 2.24) is 14.9 Å². The highest BCUT2D eigenvalue weighted by molar-refractivity contribution is 7.88. The number of urea groups is 1. The van der Waals surface area contributed by atoms with Crippen LogP contribution in [0.15, 0.2) is 0 Å². The van der Waals surface area contributed by atoms with Crippen molar-refractivity contribution in [1.29, 1.82) is 0 Å². The van der Waals surface area contributed by atoms with Crippen LogP contribution in [0.5, 0.6) is 0 Å². The molecule has 0 aliphatic heterocycles. The third kappa shape index (κ3) is 9.56. The number of nitrogens with zero attached hydrogens (tertiary/aromatic N) is 1. The molecule has 0 aromatic carbocycles. The number of rotatable bonds is 9. The second-order valence-corrected chi connectivity index (χ2v) is 6.52. The molecule has 0 heterocycles. The van der Waals surface area contributed by atoms with Gasteiger partial charge in [-0.1, -0.05) is 0 Å². The minimum Gasteiger partial charge on any atom is -0.481 e. The number of hydrogen-bond donors (Lipinski definition) is 3. The minimum absolute atomic E-state index is 0.108. The van der Waals surface area contributed by atoms with Crippen molar-refractivity contribution >= 4 is 22.0 Å². The van der Waals surface area contributed by atoms with Crippen LogP contribution in [0.25, 0.3) is 0 Å². The summed E-state index contributed by atoms with van der Waals surface area (Å²) in [6, 6.07) is -0.455. The molecule has 0 atom stereocenters. The number of hydrogen-bond acceptors (Lipinski definition) is 4. The number of nitrogens with one attached hydrogen (secondary N) is 2. The third-order valence-corrected chi connectivity index (χ3v) is 3.17. The first-order valence-electron chi connectivity index (χ1n) is 6.34. The predicted octanol–water partition coefficient (Wildman–Crippen LogP) is -0.180. The van der Waals surface area contributed by atoms with E-state index in [1.54, 1.807) is 13.8 Å². The smallest absolute Gasteiger partial charge is 0.317 e. The summed E-state index contributed by atoms with van der Waals surface area (Å²) in [6.07, 6.45) is 1.42. The number of carbonyl (C=O) groups excluding carboxylic acids is 1. The maximum absolute atomic E-state index is 11.8. The molecule has 0 radical (unpaired) electrons. The van der Waals surface area contributed by atoms with Crippen LogP contribution in [0, 0.1) is 0 Å². The van der Waals surface area contributed by atoms with Crippen molar-refractivity contribution in [3.8, 4) is 0 Å². The van der Waals surface area contributed by atoms with Gasteiger partial charge in [-0.05, 0) is 20.3 Å². The normalized spacial score (nSPS) is 11.4. The lowest BCUT2D eigenvalue weighted by atomic mass is 10.3. The Labute approximate surface area is 119 Å². The largest absolute Gasteiger partial charge is 0.481 e. The Balaban J connectivity index is 4.05. The van der Waals surface area contributed by atoms with E-state index in [1.807, 2.05) is 0 Å². The zero-order chi connectivity index (χ0) is 15.8. The first-order valence-corrected chi connectivity index (χ1v) is 8.23. The van der Waals surface area contributed by atoms with Crippen LogP contribution in [0.4, 0.5) is 4.79 Å². The maximum Gasteiger partial charge on any atom is 0.317 e. The SMILES string of the molecule is CC(C)N(CCC(=O)O)C(=O)NCCCNS(C)(=O)=O. The van der Waals surface area contributed by atoms with Crippen LogP contribution in [0.1, 0.15) is 26.7 Å². The second-order valence-electron chi connectivity index (χ2n) is 4.68. The van der Waals surface area contributed by atoms with E-state index in [9.17, 15) is 18.0 Å². The summed E-state index contributed by atoms with van der Waals surface area (Å²) in [5.74, 6) is -0.958. The Morgan fingerprint density at radius 1 is 1.25 bits per heavy atom. The summed E-state index contributed by atoms with van der Waals surface area (Å²) < 4.78 is 23.9. The summed E-state index contributed by atoms with van der Waals surface area (Å²) in [6.45, 7) is 4.30. The molecule has 0 saturated carbocycles. The van der Waals surface area contributed by atoms with E-state index in [1.165, 1.54) is 4.90 Å². The van der Waals surface area contributed by atoms with Crippen LogP contribution < -0.4 is 10.0 Å². The first kappa shape index (κ1) is 18.7. The molecule has 0 unspecified atom stereocenters. The zero-order valence-corrected chi connectivity index (χ0v) is 12.9. The Morgan fingerprint density at radius 2 is 1.85 bits per heavy atom. The van der Waals surface area contributed by atoms with E-state index in [0.29, 0.717) is 13.0 Å². The van der Waals surface area contributed by atoms with E-state index in [-0.39, 0.29) is 31.6 Å². The van der Waals surface area contributed by atoms with E-state index in [2.05, 4.69) is 10.0 Å². The summed E-state index contributed by atoms with van der Waals surface area (Å²) in [4.78, 5) is 23.8. The van der Waals surface area contributed by atoms with Crippen LogP contribution in [-0.2, 0) is 14.8 Å². The molecule has 0 bridgehead atoms. The molecule has 3 N–H and O–H groups in total. The molecule has 0 fully saturated rings. The number of carbonyl (C=O) groups is 2. The standard InChI is InChI=1S/C11H23N3O5S/c1-9(2)14(8-5-10(15)16)11(17)12-6-4-7-13-20(3,18)19/h9,13H,4-8H2,1-3H3,(H,12,17)(H,15,16). The van der Waals surface area contributed by atoms with Gasteiger partial charge in [0, 0.05) is 25.7 Å². The van der Waals surface area contributed by atoms with Gasteiger partial charge in [0.05, 0.1) is 12.7 Å². The van der Waals surface area contributed by atoms with Gasteiger partial charge in [-0.15, -0.1) is 0 Å². The number of carboxylic acids is 1. The molecule has 0 rings (SSSR count). The quantitative estimate of drug-likeness (QED) is 0.511. The molecule has 0 aromatic heterocycles. The highest BCUT2D eigenvalue weighted by Gasteiger charge is 2.17.